The third kappa shape index (κ3) is 0.985. The van der Waals surface area contributed by atoms with Crippen LogP contribution in [-0.4, -0.2) is 5.16 Å². The van der Waals surface area contributed by atoms with Crippen LogP contribution in [0.3, 0.4) is 0 Å². The molecule has 4 fully saturated rings. The smallest absolute Gasteiger partial charge is 0.0427 e. The van der Waals surface area contributed by atoms with Gasteiger partial charge < -0.3 is 9.24 Å². The molecule has 0 heterocycles. The van der Waals surface area contributed by atoms with Crippen LogP contribution in [0.25, 0.3) is 0 Å². The van der Waals surface area contributed by atoms with Gasteiger partial charge in [-0.1, -0.05) is 19.3 Å². The summed E-state index contributed by atoms with van der Waals surface area (Å²) < 4.78 is 0. The van der Waals surface area contributed by atoms with E-state index in [4.69, 9.17) is 0 Å². The molecule has 0 aromatic rings. The van der Waals surface area contributed by atoms with Gasteiger partial charge in [0.15, 0.2) is 0 Å². The molecule has 0 radical (unpaired) electrons. The molecule has 0 saturated heterocycles. The first kappa shape index (κ1) is 6.89. The summed E-state index contributed by atoms with van der Waals surface area (Å²) in [6.45, 7) is 0. The lowest BCUT2D eigenvalue weighted by Gasteiger charge is -2.60. The van der Waals surface area contributed by atoms with Gasteiger partial charge in [-0.25, -0.2) is 0 Å². The Hall–Kier alpha value is 0.430. The summed E-state index contributed by atoms with van der Waals surface area (Å²) in [6, 6.07) is 0. The van der Waals surface area contributed by atoms with Gasteiger partial charge in [-0.05, 0) is 37.0 Å². The van der Waals surface area contributed by atoms with E-state index in [0.29, 0.717) is 5.16 Å². The normalized spacial score (nSPS) is 60.3. The van der Waals surface area contributed by atoms with Gasteiger partial charge >= 0.3 is 0 Å². The van der Waals surface area contributed by atoms with Gasteiger partial charge in [-0.15, -0.1) is 0 Å². The fraction of sp³-hybridized carbons (Fsp3) is 1.00. The van der Waals surface area contributed by atoms with E-state index in [1.165, 1.54) is 19.3 Å². The lowest BCUT2D eigenvalue weighted by molar-refractivity contribution is 0.0379. The van der Waals surface area contributed by atoms with Crippen molar-refractivity contribution in [3.63, 3.8) is 0 Å². The summed E-state index contributed by atoms with van der Waals surface area (Å²) in [5.41, 5.74) is 0. The van der Waals surface area contributed by atoms with Crippen molar-refractivity contribution in [3.05, 3.63) is 0 Å². The maximum atomic E-state index is 4.01. The second-order valence-electron chi connectivity index (χ2n) is 5.20. The van der Waals surface area contributed by atoms with Crippen LogP contribution in [0.2, 0.25) is 0 Å². The minimum Gasteiger partial charge on any atom is -0.551 e. The van der Waals surface area contributed by atoms with Crippen molar-refractivity contribution in [1.82, 2.24) is 0 Å². The molecule has 0 N–H and O–H groups in total. The Labute approximate surface area is 71.3 Å². The van der Waals surface area contributed by atoms with Gasteiger partial charge in [-0.3, -0.25) is 0 Å². The zero-order valence-electron chi connectivity index (χ0n) is 6.97. The fourth-order valence-corrected chi connectivity index (χ4v) is 4.98. The van der Waals surface area contributed by atoms with Gasteiger partial charge in [0.2, 0.25) is 0 Å². The Bertz CT molecular complexity index is 150. The maximum absolute atomic E-state index is 4.01. The molecule has 0 aliphatic heterocycles. The molecule has 11 heavy (non-hydrogen) atoms. The Morgan fingerprint density at radius 2 is 1.18 bits per heavy atom. The van der Waals surface area contributed by atoms with Gasteiger partial charge in [0.1, 0.15) is 0 Å². The van der Waals surface area contributed by atoms with Gasteiger partial charge in [0, 0.05) is 0 Å². The molecule has 4 aliphatic carbocycles. The standard InChI is InChI=1S/C10H16P/c11-10-4-7-1-8(5-10)3-9(2-7)6-10/h7-9,11H,1-6H2/q-1. The highest BCUT2D eigenvalue weighted by Crippen LogP contribution is 2.59. The van der Waals surface area contributed by atoms with E-state index in [2.05, 4.69) is 9.24 Å². The highest BCUT2D eigenvalue weighted by Gasteiger charge is 2.44. The zero-order valence-corrected chi connectivity index (χ0v) is 7.97. The van der Waals surface area contributed by atoms with Crippen molar-refractivity contribution in [2.24, 2.45) is 17.8 Å². The Balaban J connectivity index is 1.94. The van der Waals surface area contributed by atoms with Crippen molar-refractivity contribution in [2.75, 3.05) is 0 Å². The highest BCUT2D eigenvalue weighted by atomic mass is 31.0. The molecule has 0 unspecified atom stereocenters. The largest absolute Gasteiger partial charge is 0.551 e. The third-order valence-electron chi connectivity index (χ3n) is 4.04. The molecular formula is C10H16P-. The number of rotatable bonds is 0. The van der Waals surface area contributed by atoms with E-state index in [1.54, 1.807) is 19.3 Å². The Kier molecular flexibility index (Phi) is 1.27. The monoisotopic (exact) mass is 167 g/mol. The molecule has 62 valence electrons. The number of hydrogen-bond donors (Lipinski definition) is 0. The van der Waals surface area contributed by atoms with Gasteiger partial charge in [0.05, 0.1) is 0 Å². The van der Waals surface area contributed by atoms with Crippen LogP contribution in [0.15, 0.2) is 0 Å². The lowest BCUT2D eigenvalue weighted by atomic mass is 9.56. The van der Waals surface area contributed by atoms with E-state index < -0.39 is 0 Å². The lowest BCUT2D eigenvalue weighted by Crippen LogP contribution is -2.46. The molecule has 0 spiro atoms. The first-order chi connectivity index (χ1) is 5.23. The van der Waals surface area contributed by atoms with E-state index in [0.717, 1.165) is 17.8 Å². The molecule has 0 amide bonds. The van der Waals surface area contributed by atoms with Crippen molar-refractivity contribution in [3.8, 4) is 0 Å². The molecule has 4 bridgehead atoms. The second kappa shape index (κ2) is 2.02. The average Bonchev–Trinajstić information content (AvgIpc) is 1.79. The van der Waals surface area contributed by atoms with Crippen LogP contribution in [0.1, 0.15) is 38.5 Å². The summed E-state index contributed by atoms with van der Waals surface area (Å²) in [5.74, 6) is 3.29. The summed E-state index contributed by atoms with van der Waals surface area (Å²) in [7, 11) is 4.01. The maximum Gasteiger partial charge on any atom is -0.0427 e. The minimum absolute atomic E-state index is 0.606. The van der Waals surface area contributed by atoms with Crippen molar-refractivity contribution in [2.45, 2.75) is 43.7 Å². The van der Waals surface area contributed by atoms with Gasteiger partial charge in [-0.2, -0.15) is 5.16 Å². The van der Waals surface area contributed by atoms with E-state index >= 15 is 0 Å². The number of hydrogen-bond acceptors (Lipinski definition) is 0. The van der Waals surface area contributed by atoms with Crippen LogP contribution >= 0.6 is 9.24 Å². The fourth-order valence-electron chi connectivity index (χ4n) is 4.11. The molecule has 0 nitrogen and oxygen atoms in total. The molecule has 0 aromatic carbocycles. The van der Waals surface area contributed by atoms with Crippen LogP contribution in [-0.2, 0) is 0 Å². The Morgan fingerprint density at radius 1 is 0.818 bits per heavy atom. The highest BCUT2D eigenvalue weighted by molar-refractivity contribution is 7.19. The quantitative estimate of drug-likeness (QED) is 0.486. The van der Waals surface area contributed by atoms with Crippen molar-refractivity contribution in [1.29, 1.82) is 0 Å². The van der Waals surface area contributed by atoms with E-state index in [1.807, 2.05) is 0 Å². The molecule has 4 aliphatic rings. The van der Waals surface area contributed by atoms with Crippen molar-refractivity contribution < 1.29 is 0 Å². The average molecular weight is 167 g/mol. The Morgan fingerprint density at radius 3 is 1.45 bits per heavy atom. The second-order valence-corrected chi connectivity index (χ2v) is 6.26. The first-order valence-corrected chi connectivity index (χ1v) is 5.48. The van der Waals surface area contributed by atoms with Crippen LogP contribution in [0, 0.1) is 17.8 Å². The summed E-state index contributed by atoms with van der Waals surface area (Å²) >= 11 is 0. The van der Waals surface area contributed by atoms with Crippen molar-refractivity contribution >= 4 is 9.24 Å². The van der Waals surface area contributed by atoms with Crippen LogP contribution in [0.4, 0.5) is 0 Å². The summed E-state index contributed by atoms with van der Waals surface area (Å²) in [6.07, 6.45) is 9.12. The zero-order chi connectivity index (χ0) is 7.47. The molecule has 1 heteroatoms. The molecular weight excluding hydrogens is 151 g/mol. The molecule has 4 rings (SSSR count). The molecule has 0 atom stereocenters. The minimum atomic E-state index is 0.606. The topological polar surface area (TPSA) is 0 Å². The van der Waals surface area contributed by atoms with Crippen LogP contribution in [0.5, 0.6) is 0 Å². The third-order valence-corrected chi connectivity index (χ3v) is 4.65. The SMILES string of the molecule is [PH-]C12CC3CC(CC(C3)C1)C2. The first-order valence-electron chi connectivity index (χ1n) is 4.98. The van der Waals surface area contributed by atoms with E-state index in [9.17, 15) is 0 Å². The van der Waals surface area contributed by atoms with E-state index in [-0.39, 0.29) is 0 Å². The molecule has 4 saturated carbocycles. The predicted octanol–water partition coefficient (Wildman–Crippen LogP) is 3.10. The van der Waals surface area contributed by atoms with Gasteiger partial charge in [0.25, 0.3) is 0 Å². The van der Waals surface area contributed by atoms with Crippen LogP contribution < -0.4 is 0 Å². The molecule has 0 aromatic heterocycles. The predicted molar refractivity (Wildman–Crippen MR) is 49.2 cm³/mol. The summed E-state index contributed by atoms with van der Waals surface area (Å²) in [5, 5.41) is 0.606. The summed E-state index contributed by atoms with van der Waals surface area (Å²) in [4.78, 5) is 0.